The smallest absolute Gasteiger partial charge is 0.200 e. The van der Waals surface area contributed by atoms with Crippen molar-refractivity contribution in [3.63, 3.8) is 0 Å². The van der Waals surface area contributed by atoms with Crippen molar-refractivity contribution >= 4 is 51.2 Å². The van der Waals surface area contributed by atoms with Crippen LogP contribution in [-0.2, 0) is 6.16 Å². The molecule has 400 valence electrons. The van der Waals surface area contributed by atoms with Crippen molar-refractivity contribution in [2.24, 2.45) is 0 Å². The Morgan fingerprint density at radius 2 is 0.519 bits per heavy atom. The molecule has 0 heterocycles. The summed E-state index contributed by atoms with van der Waals surface area (Å²) in [5.41, 5.74) is -11.4. The van der Waals surface area contributed by atoms with Crippen LogP contribution >= 0.6 is 7.26 Å². The third kappa shape index (κ3) is 9.31. The predicted molar refractivity (Wildman–Crippen MR) is 250 cm³/mol. The molecule has 0 spiro atoms. The second kappa shape index (κ2) is 22.1. The zero-order chi connectivity index (χ0) is 56.0. The Balaban J connectivity index is 0.000000215. The standard InChI is InChI=1S/C31H32P.C24BF20/c1-5-13-27(14-6-1)28-23-21-26(22-24-28)25-32(29-15-7-2-8-16-29,30-17-9-3-10-18-30)31-19-11-4-12-20-31;26-5-1(6(27)14(35)21(42)13(5)34)25(2-7(28)15(36)22(43)16(37)8(2)29,3-9(30)17(38)23(44)18(39)10(3)31)4-11(32)19(40)24(45)20(41)12(4)33/h2-4,7-12,15-24,27H,1,5-6,13-14,25H2;/q+1;-1. The van der Waals surface area contributed by atoms with Gasteiger partial charge in [0.2, 0.25) is 0 Å². The van der Waals surface area contributed by atoms with Gasteiger partial charge >= 0.3 is 0 Å². The maximum atomic E-state index is 15.4. The molecule has 0 aromatic heterocycles. The fourth-order valence-electron chi connectivity index (χ4n) is 10.2. The van der Waals surface area contributed by atoms with Gasteiger partial charge in [0.15, 0.2) is 69.8 Å². The van der Waals surface area contributed by atoms with Crippen LogP contribution < -0.4 is 37.8 Å². The van der Waals surface area contributed by atoms with E-state index in [2.05, 4.69) is 115 Å². The summed E-state index contributed by atoms with van der Waals surface area (Å²) in [6, 6.07) is 43.3. The summed E-state index contributed by atoms with van der Waals surface area (Å²) in [5.74, 6) is -70.6. The molecule has 0 nitrogen and oxygen atoms in total. The van der Waals surface area contributed by atoms with Crippen LogP contribution in [0.25, 0.3) is 0 Å². The van der Waals surface area contributed by atoms with Crippen molar-refractivity contribution in [3.8, 4) is 0 Å². The summed E-state index contributed by atoms with van der Waals surface area (Å²) in [7, 11) is -1.82. The molecule has 8 aromatic carbocycles. The van der Waals surface area contributed by atoms with Crippen LogP contribution in [0, 0.1) is 116 Å². The van der Waals surface area contributed by atoms with E-state index in [0.717, 1.165) is 12.1 Å². The first-order chi connectivity index (χ1) is 36.6. The van der Waals surface area contributed by atoms with E-state index >= 15 is 35.1 Å². The Hall–Kier alpha value is -7.15. The minimum atomic E-state index is -7.22. The number of hydrogen-bond acceptors (Lipinski definition) is 0. The summed E-state index contributed by atoms with van der Waals surface area (Å²) in [4.78, 5) is 0. The molecule has 0 amide bonds. The van der Waals surface area contributed by atoms with Gasteiger partial charge in [-0.25, -0.2) is 87.8 Å². The topological polar surface area (TPSA) is 0 Å². The maximum absolute atomic E-state index is 15.4. The maximum Gasteiger partial charge on any atom is 0.200 e. The van der Waals surface area contributed by atoms with Crippen LogP contribution in [0.5, 0.6) is 0 Å². The highest BCUT2D eigenvalue weighted by Crippen LogP contribution is 2.58. The van der Waals surface area contributed by atoms with Gasteiger partial charge < -0.3 is 0 Å². The molecule has 0 atom stereocenters. The largest absolute Gasteiger partial charge is 0.207 e. The van der Waals surface area contributed by atoms with Gasteiger partial charge in [0.05, 0.1) is 6.16 Å². The van der Waals surface area contributed by atoms with Gasteiger partial charge in [0.1, 0.15) is 75.9 Å². The van der Waals surface area contributed by atoms with Crippen LogP contribution in [0.2, 0.25) is 0 Å². The monoisotopic (exact) mass is 1110 g/mol. The molecule has 0 unspecified atom stereocenters. The molecule has 0 bridgehead atoms. The molecule has 1 saturated carbocycles. The van der Waals surface area contributed by atoms with Gasteiger partial charge in [-0.2, -0.15) is 0 Å². The molecular weight excluding hydrogens is 1080 g/mol. The van der Waals surface area contributed by atoms with E-state index in [1.165, 1.54) is 59.1 Å². The van der Waals surface area contributed by atoms with Gasteiger partial charge in [-0.05, 0) is 66.3 Å². The van der Waals surface area contributed by atoms with Crippen molar-refractivity contribution in [1.82, 2.24) is 0 Å². The van der Waals surface area contributed by atoms with Crippen LogP contribution in [0.1, 0.15) is 49.1 Å². The van der Waals surface area contributed by atoms with Gasteiger partial charge in [-0.15, -0.1) is 21.9 Å². The number of benzene rings is 8. The molecule has 0 aliphatic heterocycles. The second-order valence-electron chi connectivity index (χ2n) is 17.9. The zero-order valence-corrected chi connectivity index (χ0v) is 39.8. The van der Waals surface area contributed by atoms with Crippen molar-refractivity contribution in [1.29, 1.82) is 0 Å². The van der Waals surface area contributed by atoms with Crippen molar-refractivity contribution in [2.45, 2.75) is 44.2 Å². The average molecular weight is 1110 g/mol. The first kappa shape index (κ1) is 56.1. The lowest BCUT2D eigenvalue weighted by molar-refractivity contribution is 0.378. The lowest BCUT2D eigenvalue weighted by atomic mass is 9.12. The lowest BCUT2D eigenvalue weighted by Crippen LogP contribution is -2.81. The van der Waals surface area contributed by atoms with Crippen molar-refractivity contribution in [2.75, 3.05) is 0 Å². The molecule has 0 saturated heterocycles. The van der Waals surface area contributed by atoms with Gasteiger partial charge in [-0.1, -0.05) is 98.1 Å². The van der Waals surface area contributed by atoms with E-state index in [1.54, 1.807) is 0 Å². The number of rotatable bonds is 10. The normalized spacial score (nSPS) is 13.2. The number of hydrogen-bond donors (Lipinski definition) is 0. The Kier molecular flexibility index (Phi) is 16.1. The molecule has 1 fully saturated rings. The fourth-order valence-corrected chi connectivity index (χ4v) is 14.5. The van der Waals surface area contributed by atoms with Crippen molar-refractivity contribution < 1.29 is 87.8 Å². The highest BCUT2D eigenvalue weighted by Gasteiger charge is 2.53. The van der Waals surface area contributed by atoms with E-state index in [9.17, 15) is 52.7 Å². The summed E-state index contributed by atoms with van der Waals surface area (Å²) in [6.07, 6.45) is 0.727. The predicted octanol–water partition coefficient (Wildman–Crippen LogP) is 13.1. The van der Waals surface area contributed by atoms with Crippen molar-refractivity contribution in [3.05, 3.63) is 243 Å². The molecule has 9 rings (SSSR count). The van der Waals surface area contributed by atoms with Crippen LogP contribution in [0.4, 0.5) is 87.8 Å². The zero-order valence-electron chi connectivity index (χ0n) is 38.9. The van der Waals surface area contributed by atoms with Crippen LogP contribution in [0.3, 0.4) is 0 Å². The molecule has 1 aliphatic carbocycles. The van der Waals surface area contributed by atoms with Crippen LogP contribution in [-0.4, -0.2) is 6.15 Å². The first-order valence-electron chi connectivity index (χ1n) is 22.9. The molecular formula is C55H32BF20P. The highest BCUT2D eigenvalue weighted by molar-refractivity contribution is 7.95. The molecule has 0 N–H and O–H groups in total. The Bertz CT molecular complexity index is 3040. The van der Waals surface area contributed by atoms with Gasteiger partial charge in [0, 0.05) is 0 Å². The van der Waals surface area contributed by atoms with Gasteiger partial charge in [-0.3, -0.25) is 0 Å². The molecule has 8 aromatic rings. The molecule has 77 heavy (non-hydrogen) atoms. The van der Waals surface area contributed by atoms with E-state index in [1.807, 2.05) is 0 Å². The Morgan fingerprint density at radius 3 is 0.766 bits per heavy atom. The van der Waals surface area contributed by atoms with Gasteiger partial charge in [0.25, 0.3) is 0 Å². The second-order valence-corrected chi connectivity index (χ2v) is 21.3. The fraction of sp³-hybridized carbons (Fsp3) is 0.127. The Labute approximate surface area is 424 Å². The molecule has 1 aliphatic rings. The first-order valence-corrected chi connectivity index (χ1v) is 24.9. The lowest BCUT2D eigenvalue weighted by Gasteiger charge is -2.44. The molecule has 0 radical (unpaired) electrons. The average Bonchev–Trinajstić information content (AvgIpc) is 3.59. The van der Waals surface area contributed by atoms with E-state index in [-0.39, 0.29) is 0 Å². The van der Waals surface area contributed by atoms with E-state index in [0.29, 0.717) is 0 Å². The quantitative estimate of drug-likeness (QED) is 0.0421. The summed E-state index contributed by atoms with van der Waals surface area (Å²) in [6.45, 7) is 0. The minimum Gasteiger partial charge on any atom is -0.207 e. The third-order valence-corrected chi connectivity index (χ3v) is 18.2. The summed E-state index contributed by atoms with van der Waals surface area (Å²) in [5, 5.41) is 4.36. The SMILES string of the molecule is Fc1c(F)c(F)c([B-](c2c(F)c(F)c(F)c(F)c2F)(c2c(F)c(F)c(F)c(F)c2F)c2c(F)c(F)c(F)c(F)c2F)c(F)c1F.c1ccc([P+](Cc2ccc(C3CCCCC3)cc2)(c2ccccc2)c2ccccc2)cc1. The minimum absolute atomic E-state index is 0.759. The van der Waals surface area contributed by atoms with E-state index in [4.69, 9.17) is 0 Å². The Morgan fingerprint density at radius 1 is 0.286 bits per heavy atom. The third-order valence-electron chi connectivity index (χ3n) is 13.8. The van der Waals surface area contributed by atoms with Crippen LogP contribution in [0.15, 0.2) is 115 Å². The number of halogens is 20. The summed E-state index contributed by atoms with van der Waals surface area (Å²) >= 11 is 0. The highest BCUT2D eigenvalue weighted by atomic mass is 31.2. The molecule has 22 heteroatoms. The summed E-state index contributed by atoms with van der Waals surface area (Å²) < 4.78 is 294. The van der Waals surface area contributed by atoms with E-state index < -0.39 is 152 Å².